The molecule has 7 nitrogen and oxygen atoms in total. The van der Waals surface area contributed by atoms with Crippen LogP contribution in [0.1, 0.15) is 62.4 Å². The zero-order chi connectivity index (χ0) is 25.3. The Kier molecular flexibility index (Phi) is 7.59. The largest absolute Gasteiger partial charge is 0.469 e. The highest BCUT2D eigenvalue weighted by atomic mass is 19.4. The van der Waals surface area contributed by atoms with Crippen molar-refractivity contribution in [1.82, 2.24) is 15.5 Å². The lowest BCUT2D eigenvalue weighted by Crippen LogP contribution is -2.55. The van der Waals surface area contributed by atoms with Gasteiger partial charge in [0.25, 0.3) is 5.91 Å². The van der Waals surface area contributed by atoms with E-state index in [9.17, 15) is 27.6 Å². The molecule has 188 valence electrons. The molecule has 3 rings (SSSR count). The number of likely N-dealkylation sites (tertiary alicyclic amines) is 1. The minimum atomic E-state index is -4.57. The third kappa shape index (κ3) is 6.08. The van der Waals surface area contributed by atoms with Crippen molar-refractivity contribution in [3.63, 3.8) is 0 Å². The second-order valence-electron chi connectivity index (χ2n) is 10.0. The van der Waals surface area contributed by atoms with Crippen molar-refractivity contribution in [1.29, 1.82) is 0 Å². The van der Waals surface area contributed by atoms with Crippen molar-refractivity contribution in [2.45, 2.75) is 76.3 Å². The van der Waals surface area contributed by atoms with Gasteiger partial charge >= 0.3 is 12.1 Å². The Morgan fingerprint density at radius 3 is 2.44 bits per heavy atom. The summed E-state index contributed by atoms with van der Waals surface area (Å²) >= 11 is 0. The Hall–Kier alpha value is -2.62. The molecule has 2 aliphatic rings. The topological polar surface area (TPSA) is 87.7 Å². The molecule has 1 aliphatic carbocycles. The molecular formula is C24H32F3N3O4. The molecule has 34 heavy (non-hydrogen) atoms. The lowest BCUT2D eigenvalue weighted by molar-refractivity contribution is -0.151. The van der Waals surface area contributed by atoms with Crippen LogP contribution in [0.5, 0.6) is 0 Å². The maximum absolute atomic E-state index is 13.1. The van der Waals surface area contributed by atoms with Crippen molar-refractivity contribution >= 4 is 17.8 Å². The SMILES string of the molecule is COC(=O)C1C[C@H](NC(C)(C)C)CC[C@@H]1N1CC[C@H](NC(=O)c2cccc(C(F)(F)F)c2)C1=O. The van der Waals surface area contributed by atoms with Crippen LogP contribution < -0.4 is 10.6 Å². The minimum Gasteiger partial charge on any atom is -0.469 e. The van der Waals surface area contributed by atoms with E-state index in [0.717, 1.165) is 24.6 Å². The summed E-state index contributed by atoms with van der Waals surface area (Å²) in [7, 11) is 1.32. The van der Waals surface area contributed by atoms with Crippen molar-refractivity contribution < 1.29 is 32.3 Å². The Morgan fingerprint density at radius 1 is 1.12 bits per heavy atom. The first-order valence-corrected chi connectivity index (χ1v) is 11.4. The molecule has 1 aliphatic heterocycles. The zero-order valence-corrected chi connectivity index (χ0v) is 19.9. The number of esters is 1. The third-order valence-corrected chi connectivity index (χ3v) is 6.35. The van der Waals surface area contributed by atoms with Crippen LogP contribution in [-0.4, -0.2) is 60.0 Å². The molecule has 1 saturated heterocycles. The molecule has 4 atom stereocenters. The van der Waals surface area contributed by atoms with Crippen molar-refractivity contribution in [3.05, 3.63) is 35.4 Å². The molecule has 0 radical (unpaired) electrons. The van der Waals surface area contributed by atoms with E-state index in [-0.39, 0.29) is 35.1 Å². The van der Waals surface area contributed by atoms with Gasteiger partial charge in [-0.1, -0.05) is 6.07 Å². The number of amides is 2. The molecule has 2 fully saturated rings. The van der Waals surface area contributed by atoms with Gasteiger partial charge in [-0.15, -0.1) is 0 Å². The first kappa shape index (κ1) is 26.0. The maximum atomic E-state index is 13.1. The highest BCUT2D eigenvalue weighted by molar-refractivity contribution is 5.98. The molecule has 0 aromatic heterocycles. The van der Waals surface area contributed by atoms with Gasteiger partial charge in [0, 0.05) is 29.7 Å². The molecule has 10 heteroatoms. The summed E-state index contributed by atoms with van der Waals surface area (Å²) in [6, 6.07) is 2.98. The summed E-state index contributed by atoms with van der Waals surface area (Å²) in [5, 5.41) is 6.07. The fourth-order valence-electron chi connectivity index (χ4n) is 4.92. The third-order valence-electron chi connectivity index (χ3n) is 6.35. The van der Waals surface area contributed by atoms with Crippen molar-refractivity contribution in [3.8, 4) is 0 Å². The number of hydrogen-bond donors (Lipinski definition) is 2. The first-order chi connectivity index (χ1) is 15.8. The number of nitrogens with one attached hydrogen (secondary N) is 2. The van der Waals surface area contributed by atoms with Crippen LogP contribution in [0.2, 0.25) is 0 Å². The number of benzene rings is 1. The van der Waals surface area contributed by atoms with Gasteiger partial charge in [-0.2, -0.15) is 13.2 Å². The molecule has 1 unspecified atom stereocenters. The number of alkyl halides is 3. The van der Waals surface area contributed by atoms with Crippen LogP contribution in [0.25, 0.3) is 0 Å². The second-order valence-corrected chi connectivity index (χ2v) is 10.0. The van der Waals surface area contributed by atoms with Gasteiger partial charge in [0.2, 0.25) is 5.91 Å². The summed E-state index contributed by atoms with van der Waals surface area (Å²) in [6.45, 7) is 6.50. The van der Waals surface area contributed by atoms with E-state index in [1.807, 2.05) is 20.8 Å². The van der Waals surface area contributed by atoms with Crippen LogP contribution in [0.3, 0.4) is 0 Å². The van der Waals surface area contributed by atoms with Gasteiger partial charge in [-0.05, 0) is 64.7 Å². The smallest absolute Gasteiger partial charge is 0.416 e. The minimum absolute atomic E-state index is 0.106. The average molecular weight is 484 g/mol. The summed E-state index contributed by atoms with van der Waals surface area (Å²) in [5.41, 5.74) is -1.22. The Morgan fingerprint density at radius 2 is 1.82 bits per heavy atom. The van der Waals surface area contributed by atoms with Gasteiger partial charge in [-0.3, -0.25) is 14.4 Å². The fraction of sp³-hybridized carbons (Fsp3) is 0.625. The molecule has 1 aromatic carbocycles. The Balaban J connectivity index is 1.69. The highest BCUT2D eigenvalue weighted by Gasteiger charge is 2.45. The number of ether oxygens (including phenoxy) is 1. The number of hydrogen-bond acceptors (Lipinski definition) is 5. The van der Waals surface area contributed by atoms with Gasteiger partial charge in [0.05, 0.1) is 18.6 Å². The van der Waals surface area contributed by atoms with Gasteiger partial charge in [0.1, 0.15) is 6.04 Å². The van der Waals surface area contributed by atoms with E-state index in [1.54, 1.807) is 4.90 Å². The molecular weight excluding hydrogens is 451 g/mol. The summed E-state index contributed by atoms with van der Waals surface area (Å²) in [6.07, 6.45) is -2.34. The van der Waals surface area contributed by atoms with Crippen molar-refractivity contribution in [2.75, 3.05) is 13.7 Å². The molecule has 0 bridgehead atoms. The maximum Gasteiger partial charge on any atom is 0.416 e. The van der Waals surface area contributed by atoms with Crippen LogP contribution in [-0.2, 0) is 20.5 Å². The van der Waals surface area contributed by atoms with Gasteiger partial charge < -0.3 is 20.3 Å². The lowest BCUT2D eigenvalue weighted by Gasteiger charge is -2.41. The predicted molar refractivity (Wildman–Crippen MR) is 119 cm³/mol. The van der Waals surface area contributed by atoms with E-state index < -0.39 is 29.6 Å². The van der Waals surface area contributed by atoms with Crippen LogP contribution in [0, 0.1) is 5.92 Å². The first-order valence-electron chi connectivity index (χ1n) is 11.4. The summed E-state index contributed by atoms with van der Waals surface area (Å²) in [5.74, 6) is -1.95. The molecule has 0 spiro atoms. The molecule has 2 N–H and O–H groups in total. The zero-order valence-electron chi connectivity index (χ0n) is 19.9. The van der Waals surface area contributed by atoms with Crippen LogP contribution >= 0.6 is 0 Å². The van der Waals surface area contributed by atoms with E-state index in [0.29, 0.717) is 25.8 Å². The fourth-order valence-corrected chi connectivity index (χ4v) is 4.92. The number of carbonyl (C=O) groups is 3. The van der Waals surface area contributed by atoms with E-state index in [2.05, 4.69) is 10.6 Å². The highest BCUT2D eigenvalue weighted by Crippen LogP contribution is 2.33. The predicted octanol–water partition coefficient (Wildman–Crippen LogP) is 3.13. The number of halogens is 3. The van der Waals surface area contributed by atoms with Gasteiger partial charge in [-0.25, -0.2) is 0 Å². The molecule has 1 heterocycles. The average Bonchev–Trinajstić information content (AvgIpc) is 3.11. The monoisotopic (exact) mass is 483 g/mol. The van der Waals surface area contributed by atoms with E-state index in [4.69, 9.17) is 4.74 Å². The normalized spacial score (nSPS) is 25.9. The van der Waals surface area contributed by atoms with Gasteiger partial charge in [0.15, 0.2) is 0 Å². The second kappa shape index (κ2) is 9.93. The lowest BCUT2D eigenvalue weighted by atomic mass is 9.80. The summed E-state index contributed by atoms with van der Waals surface area (Å²) < 4.78 is 43.9. The standard InChI is InChI=1S/C24H32F3N3O4/c1-23(2,3)29-16-8-9-19(17(13-16)22(33)34-4)30-11-10-18(21(30)32)28-20(31)14-6-5-7-15(12-14)24(25,26)27/h5-7,12,16-19,29H,8-11,13H2,1-4H3,(H,28,31)/t16-,17?,18+,19+/m1/s1. The van der Waals surface area contributed by atoms with Crippen LogP contribution in [0.15, 0.2) is 24.3 Å². The molecule has 1 saturated carbocycles. The Labute approximate surface area is 197 Å². The quantitative estimate of drug-likeness (QED) is 0.629. The van der Waals surface area contributed by atoms with E-state index >= 15 is 0 Å². The molecule has 1 aromatic rings. The van der Waals surface area contributed by atoms with Crippen LogP contribution in [0.4, 0.5) is 13.2 Å². The number of nitrogens with zero attached hydrogens (tertiary/aromatic N) is 1. The Bertz CT molecular complexity index is 929. The number of methoxy groups -OCH3 is 1. The summed E-state index contributed by atoms with van der Waals surface area (Å²) in [4.78, 5) is 39.9. The molecule has 2 amide bonds. The van der Waals surface area contributed by atoms with E-state index in [1.165, 1.54) is 13.2 Å². The van der Waals surface area contributed by atoms with Crippen molar-refractivity contribution in [2.24, 2.45) is 5.92 Å². The number of rotatable bonds is 5. The number of carbonyl (C=O) groups excluding carboxylic acids is 3.